The van der Waals surface area contributed by atoms with Crippen molar-refractivity contribution >= 4 is 45.3 Å². The predicted octanol–water partition coefficient (Wildman–Crippen LogP) is 8.48. The van der Waals surface area contributed by atoms with Gasteiger partial charge < -0.3 is 0 Å². The Bertz CT molecular complexity index is 1550. The lowest BCUT2D eigenvalue weighted by molar-refractivity contribution is 0.426. The van der Waals surface area contributed by atoms with Crippen molar-refractivity contribution < 1.29 is 35.1 Å². The van der Waals surface area contributed by atoms with E-state index in [4.69, 9.17) is 0 Å². The molecule has 194 valence electrons. The highest BCUT2D eigenvalue weighted by atomic mass is 32.2. The lowest BCUT2D eigenvalue weighted by Crippen LogP contribution is -2.03. The fraction of sp³-hybridized carbons (Fsp3) is 0.0769. The Hall–Kier alpha value is -3.38. The molecule has 0 saturated carbocycles. The summed E-state index contributed by atoms with van der Waals surface area (Å²) >= 11 is 0.809. The Morgan fingerprint density at radius 2 is 0.842 bits per heavy atom. The number of benzene rings is 4. The molecule has 0 saturated heterocycles. The Labute approximate surface area is 218 Å². The molecule has 1 heterocycles. The summed E-state index contributed by atoms with van der Waals surface area (Å²) in [4.78, 5) is 7.09. The van der Waals surface area contributed by atoms with Crippen molar-refractivity contribution in [2.24, 2.45) is 0 Å². The van der Waals surface area contributed by atoms with E-state index in [9.17, 15) is 35.1 Å². The average molecular weight is 569 g/mol. The van der Waals surface area contributed by atoms with Crippen LogP contribution in [0, 0.1) is 46.5 Å². The van der Waals surface area contributed by atoms with E-state index in [1.807, 2.05) is 12.1 Å². The van der Waals surface area contributed by atoms with Gasteiger partial charge in [0.1, 0.15) is 0 Å². The number of aromatic nitrogens is 2. The van der Waals surface area contributed by atoms with E-state index in [0.29, 0.717) is 34.6 Å². The van der Waals surface area contributed by atoms with Gasteiger partial charge >= 0.3 is 0 Å². The first-order chi connectivity index (χ1) is 18.1. The quantitative estimate of drug-likeness (QED) is 0.0888. The van der Waals surface area contributed by atoms with Crippen LogP contribution in [0.5, 0.6) is 0 Å². The summed E-state index contributed by atoms with van der Waals surface area (Å²) < 4.78 is 112. The van der Waals surface area contributed by atoms with Crippen molar-refractivity contribution in [2.75, 3.05) is 0 Å². The van der Waals surface area contributed by atoms with Gasteiger partial charge in [0.05, 0.1) is 32.2 Å². The third kappa shape index (κ3) is 4.90. The van der Waals surface area contributed by atoms with Crippen LogP contribution in [0.4, 0.5) is 35.1 Å². The second kappa shape index (κ2) is 10.4. The van der Waals surface area contributed by atoms with Crippen molar-refractivity contribution in [1.82, 2.24) is 9.97 Å². The number of halogens is 8. The normalized spacial score (nSPS) is 11.6. The van der Waals surface area contributed by atoms with Crippen LogP contribution in [0.3, 0.4) is 0 Å². The molecule has 0 aliphatic rings. The predicted molar refractivity (Wildman–Crippen MR) is 129 cm³/mol. The summed E-state index contributed by atoms with van der Waals surface area (Å²) in [6.07, 6.45) is 0. The van der Waals surface area contributed by atoms with Crippen molar-refractivity contribution in [2.45, 2.75) is 21.3 Å². The third-order valence-corrected chi connectivity index (χ3v) is 7.67. The molecule has 0 N–H and O–H groups in total. The Kier molecular flexibility index (Phi) is 7.19. The van der Waals surface area contributed by atoms with E-state index in [0.717, 1.165) is 10.8 Å². The molecule has 0 spiro atoms. The Morgan fingerprint density at radius 1 is 0.500 bits per heavy atom. The van der Waals surface area contributed by atoms with Crippen LogP contribution in [-0.2, 0) is 11.5 Å². The number of hydrogen-bond acceptors (Lipinski definition) is 4. The van der Waals surface area contributed by atoms with Gasteiger partial charge in [0.15, 0.2) is 46.5 Å². The molecule has 38 heavy (non-hydrogen) atoms. The second-order valence-electron chi connectivity index (χ2n) is 7.98. The smallest absolute Gasteiger partial charge is 0.175 e. The maximum atomic E-state index is 14.2. The maximum Gasteiger partial charge on any atom is 0.175 e. The van der Waals surface area contributed by atoms with Gasteiger partial charge in [-0.2, -0.15) is 0 Å². The fourth-order valence-electron chi connectivity index (χ4n) is 3.68. The largest absolute Gasteiger partial charge is 0.248 e. The number of fused-ring (bicyclic) bond motifs is 2. The molecule has 0 aliphatic heterocycles. The Morgan fingerprint density at radius 3 is 1.18 bits per heavy atom. The number of nitrogens with zero attached hydrogens (tertiary/aromatic N) is 2. The SMILES string of the molecule is Fc1cc(F)c(F)c(SCc2nc3cc4ccccc4cc3nc2CSc2c(F)c(F)cc(F)c2F)c1F. The maximum absolute atomic E-state index is 14.2. The zero-order chi connectivity index (χ0) is 27.1. The van der Waals surface area contributed by atoms with Gasteiger partial charge in [-0.3, -0.25) is 0 Å². The molecule has 12 heteroatoms. The van der Waals surface area contributed by atoms with E-state index in [1.165, 1.54) is 0 Å². The van der Waals surface area contributed by atoms with Crippen LogP contribution in [0.25, 0.3) is 21.8 Å². The summed E-state index contributed by atoms with van der Waals surface area (Å²) in [5.41, 5.74) is 0.889. The van der Waals surface area contributed by atoms with Gasteiger partial charge in [-0.25, -0.2) is 45.1 Å². The van der Waals surface area contributed by atoms with Crippen LogP contribution in [0.15, 0.2) is 58.3 Å². The number of hydrogen-bond donors (Lipinski definition) is 0. The zero-order valence-electron chi connectivity index (χ0n) is 18.8. The molecule has 0 unspecified atom stereocenters. The van der Waals surface area contributed by atoms with Crippen LogP contribution in [0.2, 0.25) is 0 Å². The zero-order valence-corrected chi connectivity index (χ0v) is 20.4. The highest BCUT2D eigenvalue weighted by Gasteiger charge is 2.23. The third-order valence-electron chi connectivity index (χ3n) is 5.54. The number of thioether (sulfide) groups is 2. The fourth-order valence-corrected chi connectivity index (χ4v) is 5.60. The van der Waals surface area contributed by atoms with E-state index < -0.39 is 56.3 Å². The molecule has 5 aromatic rings. The minimum atomic E-state index is -1.59. The first-order valence-electron chi connectivity index (χ1n) is 10.7. The van der Waals surface area contributed by atoms with Gasteiger partial charge in [-0.1, -0.05) is 24.3 Å². The van der Waals surface area contributed by atoms with E-state index >= 15 is 0 Å². The van der Waals surface area contributed by atoms with E-state index in [2.05, 4.69) is 9.97 Å². The van der Waals surface area contributed by atoms with Gasteiger partial charge in [-0.05, 0) is 22.9 Å². The first-order valence-corrected chi connectivity index (χ1v) is 12.7. The summed E-state index contributed by atoms with van der Waals surface area (Å²) in [6.45, 7) is 0. The van der Waals surface area contributed by atoms with E-state index in [1.54, 1.807) is 24.3 Å². The molecule has 2 nitrogen and oxygen atoms in total. The van der Waals surface area contributed by atoms with Crippen molar-refractivity contribution in [3.05, 3.63) is 106 Å². The van der Waals surface area contributed by atoms with Gasteiger partial charge in [0, 0.05) is 23.6 Å². The van der Waals surface area contributed by atoms with Crippen molar-refractivity contribution in [3.8, 4) is 0 Å². The Balaban J connectivity index is 1.57. The van der Waals surface area contributed by atoms with E-state index in [-0.39, 0.29) is 35.0 Å². The van der Waals surface area contributed by atoms with Gasteiger partial charge in [0.2, 0.25) is 0 Å². The molecule has 0 fully saturated rings. The molecule has 0 atom stereocenters. The molecule has 5 rings (SSSR count). The summed E-state index contributed by atoms with van der Waals surface area (Å²) in [6, 6.07) is 10.8. The number of rotatable bonds is 6. The molecular weight excluding hydrogens is 556 g/mol. The molecule has 0 aliphatic carbocycles. The topological polar surface area (TPSA) is 25.8 Å². The van der Waals surface area contributed by atoms with Crippen LogP contribution >= 0.6 is 23.5 Å². The molecule has 0 bridgehead atoms. The van der Waals surface area contributed by atoms with Crippen molar-refractivity contribution in [3.63, 3.8) is 0 Å². The molecule has 0 amide bonds. The molecular formula is C26H12F8N2S2. The van der Waals surface area contributed by atoms with Crippen LogP contribution in [0.1, 0.15) is 11.4 Å². The standard InChI is InChI=1S/C26H12F8N2S2/c27-13-7-14(28)22(32)25(21(13)31)37-9-19-20(10-38-26-23(33)15(29)8-16(30)24(26)34)36-18-6-12-4-2-1-3-11(12)5-17(18)35-19/h1-8H,9-10H2. The monoisotopic (exact) mass is 568 g/mol. The summed E-state index contributed by atoms with van der Waals surface area (Å²) in [5.74, 6) is -13.4. The lowest BCUT2D eigenvalue weighted by Gasteiger charge is -2.12. The summed E-state index contributed by atoms with van der Waals surface area (Å²) in [5, 5.41) is 1.61. The molecule has 4 aromatic carbocycles. The minimum Gasteiger partial charge on any atom is -0.248 e. The van der Waals surface area contributed by atoms with Crippen LogP contribution in [-0.4, -0.2) is 9.97 Å². The van der Waals surface area contributed by atoms with Crippen LogP contribution < -0.4 is 0 Å². The van der Waals surface area contributed by atoms with Gasteiger partial charge in [0.25, 0.3) is 0 Å². The first kappa shape index (κ1) is 26.2. The average Bonchev–Trinajstić information content (AvgIpc) is 2.89. The summed E-state index contributed by atoms with van der Waals surface area (Å²) in [7, 11) is 0. The van der Waals surface area contributed by atoms with Crippen molar-refractivity contribution in [1.29, 1.82) is 0 Å². The highest BCUT2D eigenvalue weighted by Crippen LogP contribution is 2.35. The van der Waals surface area contributed by atoms with Gasteiger partial charge in [-0.15, -0.1) is 23.5 Å². The lowest BCUT2D eigenvalue weighted by atomic mass is 10.1. The molecule has 0 radical (unpaired) electrons. The second-order valence-corrected chi connectivity index (χ2v) is 9.95. The highest BCUT2D eigenvalue weighted by molar-refractivity contribution is 7.99. The molecule has 1 aromatic heterocycles. The minimum absolute atomic E-state index is 0.0754.